The number of carbonyl (C=O) groups excluding carboxylic acids is 1. The molecule has 4 nitrogen and oxygen atoms in total. The fraction of sp³-hybridized carbons (Fsp3) is 0.214. The van der Waals surface area contributed by atoms with Crippen LogP contribution >= 0.6 is 0 Å². The van der Waals surface area contributed by atoms with Crippen molar-refractivity contribution in [2.75, 3.05) is 0 Å². The first kappa shape index (κ1) is 12.2. The molecule has 0 spiro atoms. The van der Waals surface area contributed by atoms with E-state index < -0.39 is 0 Å². The van der Waals surface area contributed by atoms with Crippen molar-refractivity contribution in [1.82, 2.24) is 9.97 Å². The maximum absolute atomic E-state index is 11.9. The summed E-state index contributed by atoms with van der Waals surface area (Å²) < 4.78 is 5.28. The van der Waals surface area contributed by atoms with E-state index in [0.29, 0.717) is 17.5 Å². The van der Waals surface area contributed by atoms with Crippen LogP contribution in [0.4, 0.5) is 0 Å². The predicted octanol–water partition coefficient (Wildman–Crippen LogP) is 2.75. The minimum absolute atomic E-state index is 0.255. The van der Waals surface area contributed by atoms with E-state index in [0.717, 1.165) is 5.52 Å². The molecule has 0 aliphatic rings. The number of hydrogen-bond acceptors (Lipinski definition) is 4. The Morgan fingerprint density at radius 3 is 2.78 bits per heavy atom. The second kappa shape index (κ2) is 5.40. The van der Waals surface area contributed by atoms with E-state index in [-0.39, 0.29) is 12.1 Å². The lowest BCUT2D eigenvalue weighted by Gasteiger charge is -2.11. The third-order valence-corrected chi connectivity index (χ3v) is 2.63. The van der Waals surface area contributed by atoms with E-state index in [1.54, 1.807) is 36.7 Å². The van der Waals surface area contributed by atoms with Crippen molar-refractivity contribution >= 4 is 17.0 Å². The standard InChI is InChI=1S/C14H14N2O2/c1-3-11(4-2)18-14(17)10-5-6-12-13(9-10)16-8-7-15-12/h3,5-9,11H,1,4H2,2H3. The summed E-state index contributed by atoms with van der Waals surface area (Å²) in [4.78, 5) is 20.2. The molecule has 92 valence electrons. The van der Waals surface area contributed by atoms with Crippen LogP contribution in [0.25, 0.3) is 11.0 Å². The average molecular weight is 242 g/mol. The number of carbonyl (C=O) groups is 1. The Labute approximate surface area is 105 Å². The summed E-state index contributed by atoms with van der Waals surface area (Å²) in [6, 6.07) is 5.13. The van der Waals surface area contributed by atoms with Crippen molar-refractivity contribution in [2.45, 2.75) is 19.4 Å². The summed E-state index contributed by atoms with van der Waals surface area (Å²) in [6.07, 6.45) is 5.29. The summed E-state index contributed by atoms with van der Waals surface area (Å²) in [5.41, 5.74) is 1.91. The lowest BCUT2D eigenvalue weighted by atomic mass is 10.2. The number of nitrogens with zero attached hydrogens (tertiary/aromatic N) is 2. The number of esters is 1. The molecule has 1 atom stereocenters. The van der Waals surface area contributed by atoms with E-state index >= 15 is 0 Å². The molecule has 0 bridgehead atoms. The van der Waals surface area contributed by atoms with Crippen molar-refractivity contribution in [1.29, 1.82) is 0 Å². The number of benzene rings is 1. The number of ether oxygens (including phenoxy) is 1. The van der Waals surface area contributed by atoms with E-state index in [1.165, 1.54) is 0 Å². The topological polar surface area (TPSA) is 52.1 Å². The average Bonchev–Trinajstić information content (AvgIpc) is 2.44. The Morgan fingerprint density at radius 1 is 1.39 bits per heavy atom. The third kappa shape index (κ3) is 2.53. The molecular weight excluding hydrogens is 228 g/mol. The summed E-state index contributed by atoms with van der Waals surface area (Å²) in [7, 11) is 0. The minimum Gasteiger partial charge on any atom is -0.455 e. The highest BCUT2D eigenvalue weighted by atomic mass is 16.5. The van der Waals surface area contributed by atoms with Crippen LogP contribution in [-0.4, -0.2) is 22.0 Å². The molecule has 4 heteroatoms. The zero-order valence-corrected chi connectivity index (χ0v) is 10.2. The first-order chi connectivity index (χ1) is 8.74. The van der Waals surface area contributed by atoms with Crippen LogP contribution < -0.4 is 0 Å². The van der Waals surface area contributed by atoms with E-state index in [1.807, 2.05) is 6.92 Å². The fourth-order valence-corrected chi connectivity index (χ4v) is 1.59. The lowest BCUT2D eigenvalue weighted by Crippen LogP contribution is -2.15. The van der Waals surface area contributed by atoms with Gasteiger partial charge in [-0.15, -0.1) is 0 Å². The molecule has 18 heavy (non-hydrogen) atoms. The van der Waals surface area contributed by atoms with E-state index in [2.05, 4.69) is 16.5 Å². The van der Waals surface area contributed by atoms with E-state index in [9.17, 15) is 4.79 Å². The van der Waals surface area contributed by atoms with Crippen molar-refractivity contribution in [2.24, 2.45) is 0 Å². The maximum Gasteiger partial charge on any atom is 0.338 e. The van der Waals surface area contributed by atoms with Gasteiger partial charge in [0.25, 0.3) is 0 Å². The van der Waals surface area contributed by atoms with Gasteiger partial charge < -0.3 is 4.74 Å². The second-order valence-electron chi connectivity index (χ2n) is 3.85. The molecule has 2 rings (SSSR count). The molecule has 0 saturated carbocycles. The minimum atomic E-state index is -0.366. The molecule has 0 aliphatic carbocycles. The highest BCUT2D eigenvalue weighted by Crippen LogP contribution is 2.13. The van der Waals surface area contributed by atoms with Crippen LogP contribution in [0.3, 0.4) is 0 Å². The molecule has 0 N–H and O–H groups in total. The van der Waals surface area contributed by atoms with Crippen LogP contribution in [0, 0.1) is 0 Å². The number of fused-ring (bicyclic) bond motifs is 1. The monoisotopic (exact) mass is 242 g/mol. The molecule has 0 aliphatic heterocycles. The van der Waals surface area contributed by atoms with Crippen LogP contribution in [0.1, 0.15) is 23.7 Å². The molecule has 0 radical (unpaired) electrons. The normalized spacial score (nSPS) is 12.1. The lowest BCUT2D eigenvalue weighted by molar-refractivity contribution is 0.0389. The van der Waals surface area contributed by atoms with Gasteiger partial charge in [-0.05, 0) is 24.6 Å². The number of hydrogen-bond donors (Lipinski definition) is 0. The van der Waals surface area contributed by atoms with Gasteiger partial charge in [0.05, 0.1) is 16.6 Å². The molecule has 1 aromatic carbocycles. The number of aromatic nitrogens is 2. The zero-order chi connectivity index (χ0) is 13.0. The first-order valence-electron chi connectivity index (χ1n) is 5.79. The van der Waals surface area contributed by atoms with Gasteiger partial charge >= 0.3 is 5.97 Å². The quantitative estimate of drug-likeness (QED) is 0.611. The second-order valence-corrected chi connectivity index (χ2v) is 3.85. The van der Waals surface area contributed by atoms with Gasteiger partial charge in [-0.1, -0.05) is 19.6 Å². The SMILES string of the molecule is C=CC(CC)OC(=O)c1ccc2nccnc2c1. The van der Waals surface area contributed by atoms with Crippen molar-refractivity contribution in [3.8, 4) is 0 Å². The number of rotatable bonds is 4. The molecule has 0 fully saturated rings. The van der Waals surface area contributed by atoms with Gasteiger partial charge in [0.2, 0.25) is 0 Å². The molecule has 1 unspecified atom stereocenters. The zero-order valence-electron chi connectivity index (χ0n) is 10.2. The van der Waals surface area contributed by atoms with E-state index in [4.69, 9.17) is 4.74 Å². The highest BCUT2D eigenvalue weighted by molar-refractivity contribution is 5.93. The van der Waals surface area contributed by atoms with Gasteiger partial charge in [0.15, 0.2) is 0 Å². The predicted molar refractivity (Wildman–Crippen MR) is 69.2 cm³/mol. The Morgan fingerprint density at radius 2 is 2.11 bits per heavy atom. The smallest absolute Gasteiger partial charge is 0.338 e. The highest BCUT2D eigenvalue weighted by Gasteiger charge is 2.12. The van der Waals surface area contributed by atoms with Crippen LogP contribution in [-0.2, 0) is 4.74 Å². The van der Waals surface area contributed by atoms with Crippen molar-refractivity contribution in [3.63, 3.8) is 0 Å². The first-order valence-corrected chi connectivity index (χ1v) is 5.79. The largest absolute Gasteiger partial charge is 0.455 e. The molecule has 2 aromatic rings. The molecule has 1 heterocycles. The van der Waals surface area contributed by atoms with Crippen molar-refractivity contribution in [3.05, 3.63) is 48.8 Å². The van der Waals surface area contributed by atoms with Gasteiger partial charge in [-0.2, -0.15) is 0 Å². The summed E-state index contributed by atoms with van der Waals surface area (Å²) in [5, 5.41) is 0. The van der Waals surface area contributed by atoms with Gasteiger partial charge in [0.1, 0.15) is 6.10 Å². The fourth-order valence-electron chi connectivity index (χ4n) is 1.59. The molecule has 1 aromatic heterocycles. The van der Waals surface area contributed by atoms with Gasteiger partial charge in [-0.25, -0.2) is 4.79 Å². The van der Waals surface area contributed by atoms with Crippen LogP contribution in [0.5, 0.6) is 0 Å². The molecule has 0 saturated heterocycles. The maximum atomic E-state index is 11.9. The van der Waals surface area contributed by atoms with Crippen LogP contribution in [0.2, 0.25) is 0 Å². The van der Waals surface area contributed by atoms with Crippen LogP contribution in [0.15, 0.2) is 43.2 Å². The van der Waals surface area contributed by atoms with Gasteiger partial charge in [0, 0.05) is 12.4 Å². The summed E-state index contributed by atoms with van der Waals surface area (Å²) in [5.74, 6) is -0.366. The Bertz CT molecular complexity index is 581. The van der Waals surface area contributed by atoms with Crippen molar-refractivity contribution < 1.29 is 9.53 Å². The molecular formula is C14H14N2O2. The van der Waals surface area contributed by atoms with Gasteiger partial charge in [-0.3, -0.25) is 9.97 Å². The Kier molecular flexibility index (Phi) is 3.67. The third-order valence-electron chi connectivity index (χ3n) is 2.63. The Balaban J connectivity index is 2.25. The Hall–Kier alpha value is -2.23. The molecule has 0 amide bonds. The summed E-state index contributed by atoms with van der Waals surface area (Å²) >= 11 is 0. The summed E-state index contributed by atoms with van der Waals surface area (Å²) in [6.45, 7) is 5.56.